The molecular formula is C13H12O4. The Morgan fingerprint density at radius 3 is 2.06 bits per heavy atom. The second kappa shape index (κ2) is 4.65. The van der Waals surface area contributed by atoms with Gasteiger partial charge in [-0.25, -0.2) is 0 Å². The minimum atomic E-state index is -0.520. The summed E-state index contributed by atoms with van der Waals surface area (Å²) in [4.78, 5) is 0. The van der Waals surface area contributed by atoms with Crippen LogP contribution in [0.4, 0.5) is 0 Å². The molecule has 4 nitrogen and oxygen atoms in total. The highest BCUT2D eigenvalue weighted by Gasteiger charge is 2.08. The standard InChI is InChI=1S/C13H12O4/c14-11-6-9(7-12(15)13(11)16)8-17-10-4-2-1-3-5-10/h1-7,14-16H,8H2. The maximum Gasteiger partial charge on any atom is 0.200 e. The Bertz CT molecular complexity index is 485. The predicted molar refractivity (Wildman–Crippen MR) is 62.2 cm³/mol. The molecule has 0 atom stereocenters. The van der Waals surface area contributed by atoms with Crippen molar-refractivity contribution in [2.45, 2.75) is 6.61 Å². The first-order valence-corrected chi connectivity index (χ1v) is 5.08. The molecule has 17 heavy (non-hydrogen) atoms. The zero-order chi connectivity index (χ0) is 12.3. The van der Waals surface area contributed by atoms with Crippen molar-refractivity contribution in [1.82, 2.24) is 0 Å². The molecule has 0 heterocycles. The largest absolute Gasteiger partial charge is 0.504 e. The summed E-state index contributed by atoms with van der Waals surface area (Å²) in [5.41, 5.74) is 0.571. The van der Waals surface area contributed by atoms with E-state index in [-0.39, 0.29) is 18.1 Å². The van der Waals surface area contributed by atoms with Crippen molar-refractivity contribution >= 4 is 0 Å². The van der Waals surface area contributed by atoms with Gasteiger partial charge in [-0.2, -0.15) is 0 Å². The summed E-state index contributed by atoms with van der Waals surface area (Å²) in [6.07, 6.45) is 0. The Hall–Kier alpha value is -2.36. The Balaban J connectivity index is 2.10. The Morgan fingerprint density at radius 1 is 0.882 bits per heavy atom. The highest BCUT2D eigenvalue weighted by atomic mass is 16.5. The predicted octanol–water partition coefficient (Wildman–Crippen LogP) is 2.38. The van der Waals surface area contributed by atoms with E-state index in [0.29, 0.717) is 11.3 Å². The smallest absolute Gasteiger partial charge is 0.200 e. The van der Waals surface area contributed by atoms with E-state index < -0.39 is 5.75 Å². The summed E-state index contributed by atoms with van der Waals surface area (Å²) in [6.45, 7) is 0.200. The van der Waals surface area contributed by atoms with Gasteiger partial charge in [0.25, 0.3) is 0 Å². The fourth-order valence-corrected chi connectivity index (χ4v) is 1.43. The number of benzene rings is 2. The second-order valence-corrected chi connectivity index (χ2v) is 3.58. The van der Waals surface area contributed by atoms with Crippen LogP contribution >= 0.6 is 0 Å². The molecule has 0 aliphatic carbocycles. The van der Waals surface area contributed by atoms with E-state index in [1.54, 1.807) is 12.1 Å². The lowest BCUT2D eigenvalue weighted by molar-refractivity contribution is 0.302. The van der Waals surface area contributed by atoms with Gasteiger partial charge in [-0.3, -0.25) is 0 Å². The summed E-state index contributed by atoms with van der Waals surface area (Å²) in [7, 11) is 0. The van der Waals surface area contributed by atoms with Crippen molar-refractivity contribution in [3.05, 3.63) is 48.0 Å². The van der Waals surface area contributed by atoms with Crippen molar-refractivity contribution in [1.29, 1.82) is 0 Å². The van der Waals surface area contributed by atoms with Crippen LogP contribution in [0.25, 0.3) is 0 Å². The quantitative estimate of drug-likeness (QED) is 0.710. The number of phenolic OH excluding ortho intramolecular Hbond substituents is 3. The lowest BCUT2D eigenvalue weighted by Crippen LogP contribution is -1.95. The topological polar surface area (TPSA) is 69.9 Å². The summed E-state index contributed by atoms with van der Waals surface area (Å²) >= 11 is 0. The highest BCUT2D eigenvalue weighted by molar-refractivity contribution is 5.50. The van der Waals surface area contributed by atoms with Crippen molar-refractivity contribution in [3.63, 3.8) is 0 Å². The first-order chi connectivity index (χ1) is 8.16. The number of ether oxygens (including phenoxy) is 1. The monoisotopic (exact) mass is 232 g/mol. The lowest BCUT2D eigenvalue weighted by atomic mass is 10.2. The summed E-state index contributed by atoms with van der Waals surface area (Å²) in [5.74, 6) is -0.554. The third kappa shape index (κ3) is 2.60. The fourth-order valence-electron chi connectivity index (χ4n) is 1.43. The Morgan fingerprint density at radius 2 is 1.47 bits per heavy atom. The molecular weight excluding hydrogens is 220 g/mol. The van der Waals surface area contributed by atoms with Crippen LogP contribution in [0.3, 0.4) is 0 Å². The Labute approximate surface area is 98.3 Å². The van der Waals surface area contributed by atoms with Gasteiger partial charge in [-0.15, -0.1) is 0 Å². The number of rotatable bonds is 3. The Kier molecular flexibility index (Phi) is 3.05. The van der Waals surface area contributed by atoms with Crippen LogP contribution in [0.1, 0.15) is 5.56 Å². The molecule has 0 saturated carbocycles. The molecule has 0 amide bonds. The second-order valence-electron chi connectivity index (χ2n) is 3.58. The SMILES string of the molecule is Oc1cc(COc2ccccc2)cc(O)c1O. The third-order valence-electron chi connectivity index (χ3n) is 2.28. The van der Waals surface area contributed by atoms with Crippen LogP contribution in [0.5, 0.6) is 23.0 Å². The van der Waals surface area contributed by atoms with E-state index in [2.05, 4.69) is 0 Å². The van der Waals surface area contributed by atoms with Crippen LogP contribution in [0.2, 0.25) is 0 Å². The molecule has 0 aliphatic rings. The van der Waals surface area contributed by atoms with E-state index in [1.807, 2.05) is 18.2 Å². The minimum Gasteiger partial charge on any atom is -0.504 e. The van der Waals surface area contributed by atoms with Crippen molar-refractivity contribution in [2.24, 2.45) is 0 Å². The zero-order valence-electron chi connectivity index (χ0n) is 9.00. The van der Waals surface area contributed by atoms with Crippen LogP contribution in [0, 0.1) is 0 Å². The van der Waals surface area contributed by atoms with E-state index in [4.69, 9.17) is 4.74 Å². The molecule has 0 aromatic heterocycles. The highest BCUT2D eigenvalue weighted by Crippen LogP contribution is 2.35. The molecule has 2 aromatic carbocycles. The van der Waals surface area contributed by atoms with E-state index in [1.165, 1.54) is 12.1 Å². The van der Waals surface area contributed by atoms with E-state index in [9.17, 15) is 15.3 Å². The van der Waals surface area contributed by atoms with Gasteiger partial charge in [0, 0.05) is 0 Å². The molecule has 3 N–H and O–H groups in total. The molecule has 88 valence electrons. The molecule has 0 spiro atoms. The number of phenols is 3. The molecule has 0 bridgehead atoms. The average molecular weight is 232 g/mol. The van der Waals surface area contributed by atoms with Crippen LogP contribution in [-0.2, 0) is 6.61 Å². The van der Waals surface area contributed by atoms with Gasteiger partial charge in [0.1, 0.15) is 12.4 Å². The van der Waals surface area contributed by atoms with Gasteiger partial charge in [0.15, 0.2) is 17.2 Å². The molecule has 4 heteroatoms. The van der Waals surface area contributed by atoms with Crippen LogP contribution in [-0.4, -0.2) is 15.3 Å². The van der Waals surface area contributed by atoms with E-state index >= 15 is 0 Å². The van der Waals surface area contributed by atoms with E-state index in [0.717, 1.165) is 0 Å². The van der Waals surface area contributed by atoms with Gasteiger partial charge >= 0.3 is 0 Å². The summed E-state index contributed by atoms with van der Waals surface area (Å²) in [5, 5.41) is 27.8. The molecule has 0 aliphatic heterocycles. The number of para-hydroxylation sites is 1. The lowest BCUT2D eigenvalue weighted by Gasteiger charge is -2.08. The van der Waals surface area contributed by atoms with Crippen molar-refractivity contribution in [2.75, 3.05) is 0 Å². The maximum atomic E-state index is 9.31. The van der Waals surface area contributed by atoms with Crippen molar-refractivity contribution in [3.8, 4) is 23.0 Å². The first-order valence-electron chi connectivity index (χ1n) is 5.08. The summed E-state index contributed by atoms with van der Waals surface area (Å²) in [6, 6.07) is 11.9. The van der Waals surface area contributed by atoms with Crippen LogP contribution < -0.4 is 4.74 Å². The van der Waals surface area contributed by atoms with Crippen molar-refractivity contribution < 1.29 is 20.1 Å². The third-order valence-corrected chi connectivity index (χ3v) is 2.28. The van der Waals surface area contributed by atoms with Gasteiger partial charge in [0.05, 0.1) is 0 Å². The van der Waals surface area contributed by atoms with Gasteiger partial charge < -0.3 is 20.1 Å². The molecule has 0 radical (unpaired) electrons. The minimum absolute atomic E-state index is 0.200. The van der Waals surface area contributed by atoms with Gasteiger partial charge in [-0.1, -0.05) is 18.2 Å². The molecule has 2 aromatic rings. The number of hydrogen-bond donors (Lipinski definition) is 3. The molecule has 0 unspecified atom stereocenters. The normalized spacial score (nSPS) is 10.1. The van der Waals surface area contributed by atoms with Crippen LogP contribution in [0.15, 0.2) is 42.5 Å². The number of hydrogen-bond acceptors (Lipinski definition) is 4. The number of aromatic hydroxyl groups is 3. The zero-order valence-corrected chi connectivity index (χ0v) is 9.00. The van der Waals surface area contributed by atoms with Gasteiger partial charge in [0.2, 0.25) is 0 Å². The molecule has 0 fully saturated rings. The first kappa shape index (κ1) is 11.1. The van der Waals surface area contributed by atoms with Gasteiger partial charge in [-0.05, 0) is 29.8 Å². The molecule has 2 rings (SSSR count). The average Bonchev–Trinajstić information content (AvgIpc) is 2.34. The summed E-state index contributed by atoms with van der Waals surface area (Å²) < 4.78 is 5.44. The fraction of sp³-hybridized carbons (Fsp3) is 0.0769. The molecule has 0 saturated heterocycles. The maximum absolute atomic E-state index is 9.31.